The van der Waals surface area contributed by atoms with Crippen LogP contribution in [-0.4, -0.2) is 11.1 Å². The number of carboxylic acids is 1. The van der Waals surface area contributed by atoms with Gasteiger partial charge in [0.2, 0.25) is 0 Å². The predicted molar refractivity (Wildman–Crippen MR) is 85.9 cm³/mol. The average molecular weight is 282 g/mol. The maximum atomic E-state index is 10.9. The summed E-state index contributed by atoms with van der Waals surface area (Å²) in [4.78, 5) is 10.9. The normalized spacial score (nSPS) is 13.6. The standard InChI is InChI=1S/C19H22O2/c1-3-15(13-14(2)16-7-5-4-6-8-16)17-9-11-18(12-10-17)19(20)21/h4-12,14-15H,3,13H2,1-2H3,(H,20,21). The van der Waals surface area contributed by atoms with E-state index in [4.69, 9.17) is 5.11 Å². The van der Waals surface area contributed by atoms with Crippen molar-refractivity contribution in [2.75, 3.05) is 0 Å². The van der Waals surface area contributed by atoms with Crippen molar-refractivity contribution >= 4 is 5.97 Å². The highest BCUT2D eigenvalue weighted by molar-refractivity contribution is 5.87. The van der Waals surface area contributed by atoms with Gasteiger partial charge in [0.25, 0.3) is 0 Å². The molecule has 0 amide bonds. The molecule has 2 aromatic carbocycles. The zero-order valence-corrected chi connectivity index (χ0v) is 12.6. The minimum atomic E-state index is -0.868. The second-order valence-corrected chi connectivity index (χ2v) is 5.58. The number of carboxylic acid groups (broad SMARTS) is 1. The zero-order chi connectivity index (χ0) is 15.2. The topological polar surface area (TPSA) is 37.3 Å². The SMILES string of the molecule is CCC(CC(C)c1ccccc1)c1ccc(C(=O)O)cc1. The smallest absolute Gasteiger partial charge is 0.335 e. The average Bonchev–Trinajstić information content (AvgIpc) is 2.53. The largest absolute Gasteiger partial charge is 0.478 e. The molecule has 0 saturated carbocycles. The molecule has 0 bridgehead atoms. The van der Waals surface area contributed by atoms with Crippen molar-refractivity contribution in [3.05, 3.63) is 71.3 Å². The lowest BCUT2D eigenvalue weighted by Crippen LogP contribution is -2.04. The third kappa shape index (κ3) is 3.94. The van der Waals surface area contributed by atoms with E-state index in [2.05, 4.69) is 38.1 Å². The highest BCUT2D eigenvalue weighted by Gasteiger charge is 2.15. The van der Waals surface area contributed by atoms with E-state index >= 15 is 0 Å². The van der Waals surface area contributed by atoms with E-state index in [1.54, 1.807) is 12.1 Å². The Kier molecular flexibility index (Phi) is 5.15. The third-order valence-electron chi connectivity index (χ3n) is 4.13. The van der Waals surface area contributed by atoms with Crippen molar-refractivity contribution in [3.63, 3.8) is 0 Å². The van der Waals surface area contributed by atoms with Crippen molar-refractivity contribution in [2.45, 2.75) is 38.5 Å². The molecule has 2 heteroatoms. The molecule has 2 nitrogen and oxygen atoms in total. The summed E-state index contributed by atoms with van der Waals surface area (Å²) in [5, 5.41) is 8.97. The summed E-state index contributed by atoms with van der Waals surface area (Å²) in [6.07, 6.45) is 2.14. The summed E-state index contributed by atoms with van der Waals surface area (Å²) >= 11 is 0. The fourth-order valence-corrected chi connectivity index (χ4v) is 2.78. The maximum absolute atomic E-state index is 10.9. The van der Waals surface area contributed by atoms with Crippen molar-refractivity contribution in [1.29, 1.82) is 0 Å². The van der Waals surface area contributed by atoms with E-state index in [0.29, 0.717) is 17.4 Å². The Bertz CT molecular complexity index is 572. The van der Waals surface area contributed by atoms with Crippen LogP contribution in [0.1, 0.15) is 60.0 Å². The Labute approximate surface area is 126 Å². The van der Waals surface area contributed by atoms with Gasteiger partial charge in [-0.15, -0.1) is 0 Å². The van der Waals surface area contributed by atoms with Crippen molar-refractivity contribution < 1.29 is 9.90 Å². The molecule has 1 N–H and O–H groups in total. The molecule has 0 radical (unpaired) electrons. The van der Waals surface area contributed by atoms with E-state index < -0.39 is 5.97 Å². The highest BCUT2D eigenvalue weighted by atomic mass is 16.4. The molecular formula is C19H22O2. The first-order valence-corrected chi connectivity index (χ1v) is 7.50. The van der Waals surface area contributed by atoms with E-state index in [1.165, 1.54) is 11.1 Å². The first-order valence-electron chi connectivity index (χ1n) is 7.50. The molecule has 0 aromatic heterocycles. The monoisotopic (exact) mass is 282 g/mol. The second kappa shape index (κ2) is 7.07. The van der Waals surface area contributed by atoms with Gasteiger partial charge in [-0.05, 0) is 47.9 Å². The van der Waals surface area contributed by atoms with Gasteiger partial charge in [-0.1, -0.05) is 56.3 Å². The molecule has 2 atom stereocenters. The van der Waals surface area contributed by atoms with Gasteiger partial charge >= 0.3 is 5.97 Å². The Morgan fingerprint density at radius 1 is 1.00 bits per heavy atom. The van der Waals surface area contributed by atoms with Crippen LogP contribution < -0.4 is 0 Å². The van der Waals surface area contributed by atoms with E-state index in [1.807, 2.05) is 18.2 Å². The summed E-state index contributed by atoms with van der Waals surface area (Å²) in [6, 6.07) is 17.8. The molecule has 0 aliphatic heterocycles. The summed E-state index contributed by atoms with van der Waals surface area (Å²) in [7, 11) is 0. The van der Waals surface area contributed by atoms with E-state index in [0.717, 1.165) is 12.8 Å². The van der Waals surface area contributed by atoms with E-state index in [9.17, 15) is 4.79 Å². The number of aromatic carboxylic acids is 1. The Morgan fingerprint density at radius 2 is 1.62 bits per heavy atom. The van der Waals surface area contributed by atoms with Crippen molar-refractivity contribution in [2.24, 2.45) is 0 Å². The van der Waals surface area contributed by atoms with Crippen molar-refractivity contribution in [3.8, 4) is 0 Å². The first kappa shape index (κ1) is 15.3. The molecule has 0 aliphatic carbocycles. The van der Waals surface area contributed by atoms with Crippen LogP contribution in [0.3, 0.4) is 0 Å². The van der Waals surface area contributed by atoms with Crippen LogP contribution in [0.5, 0.6) is 0 Å². The fraction of sp³-hybridized carbons (Fsp3) is 0.316. The molecule has 2 aromatic rings. The number of rotatable bonds is 6. The Morgan fingerprint density at radius 3 is 2.14 bits per heavy atom. The number of hydrogen-bond acceptors (Lipinski definition) is 1. The van der Waals surface area contributed by atoms with E-state index in [-0.39, 0.29) is 0 Å². The lowest BCUT2D eigenvalue weighted by Gasteiger charge is -2.20. The lowest BCUT2D eigenvalue weighted by atomic mass is 9.84. The molecule has 0 aliphatic rings. The summed E-state index contributed by atoms with van der Waals surface area (Å²) < 4.78 is 0. The molecule has 0 spiro atoms. The van der Waals surface area contributed by atoms with Gasteiger partial charge in [0.05, 0.1) is 5.56 Å². The number of benzene rings is 2. The second-order valence-electron chi connectivity index (χ2n) is 5.58. The zero-order valence-electron chi connectivity index (χ0n) is 12.6. The van der Waals surface area contributed by atoms with Crippen LogP contribution in [0, 0.1) is 0 Å². The van der Waals surface area contributed by atoms with Gasteiger partial charge in [-0.3, -0.25) is 0 Å². The van der Waals surface area contributed by atoms with Crippen LogP contribution in [0.15, 0.2) is 54.6 Å². The van der Waals surface area contributed by atoms with Gasteiger partial charge in [-0.25, -0.2) is 4.79 Å². The van der Waals surface area contributed by atoms with Crippen LogP contribution in [0.2, 0.25) is 0 Å². The Balaban J connectivity index is 2.11. The summed E-state index contributed by atoms with van der Waals surface area (Å²) in [5.74, 6) is 0.0885. The summed E-state index contributed by atoms with van der Waals surface area (Å²) in [5.41, 5.74) is 2.94. The van der Waals surface area contributed by atoms with Gasteiger partial charge in [0.15, 0.2) is 0 Å². The quantitative estimate of drug-likeness (QED) is 0.803. The molecule has 0 saturated heterocycles. The van der Waals surface area contributed by atoms with Crippen LogP contribution in [0.4, 0.5) is 0 Å². The van der Waals surface area contributed by atoms with Crippen LogP contribution in [-0.2, 0) is 0 Å². The first-order chi connectivity index (χ1) is 10.1. The molecule has 0 heterocycles. The van der Waals surface area contributed by atoms with Gasteiger partial charge in [0.1, 0.15) is 0 Å². The highest BCUT2D eigenvalue weighted by Crippen LogP contribution is 2.31. The minimum absolute atomic E-state index is 0.352. The minimum Gasteiger partial charge on any atom is -0.478 e. The third-order valence-corrected chi connectivity index (χ3v) is 4.13. The molecule has 2 rings (SSSR count). The predicted octanol–water partition coefficient (Wildman–Crippen LogP) is 5.07. The van der Waals surface area contributed by atoms with Crippen LogP contribution in [0.25, 0.3) is 0 Å². The Hall–Kier alpha value is -2.09. The fourth-order valence-electron chi connectivity index (χ4n) is 2.78. The van der Waals surface area contributed by atoms with Gasteiger partial charge in [-0.2, -0.15) is 0 Å². The van der Waals surface area contributed by atoms with Crippen molar-refractivity contribution in [1.82, 2.24) is 0 Å². The van der Waals surface area contributed by atoms with Gasteiger partial charge < -0.3 is 5.11 Å². The summed E-state index contributed by atoms with van der Waals surface area (Å²) in [6.45, 7) is 4.44. The molecule has 110 valence electrons. The molecular weight excluding hydrogens is 260 g/mol. The number of carbonyl (C=O) groups is 1. The van der Waals surface area contributed by atoms with Gasteiger partial charge in [0, 0.05) is 0 Å². The molecule has 21 heavy (non-hydrogen) atoms. The maximum Gasteiger partial charge on any atom is 0.335 e. The lowest BCUT2D eigenvalue weighted by molar-refractivity contribution is 0.0697. The molecule has 2 unspecified atom stereocenters. The molecule has 0 fully saturated rings. The van der Waals surface area contributed by atoms with Crippen LogP contribution >= 0.6 is 0 Å². The number of hydrogen-bond donors (Lipinski definition) is 1.